The first-order chi connectivity index (χ1) is 9.63. The van der Waals surface area contributed by atoms with Crippen molar-refractivity contribution < 1.29 is 14.7 Å². The summed E-state index contributed by atoms with van der Waals surface area (Å²) in [5, 5.41) is 12.0. The molecule has 1 aromatic carbocycles. The number of nitrogens with one attached hydrogen (secondary N) is 1. The Morgan fingerprint density at radius 3 is 2.50 bits per heavy atom. The maximum atomic E-state index is 12.2. The van der Waals surface area contributed by atoms with Crippen LogP contribution < -0.4 is 5.32 Å². The molecule has 0 spiro atoms. The third-order valence-corrected chi connectivity index (χ3v) is 4.12. The van der Waals surface area contributed by atoms with Crippen LogP contribution in [0.1, 0.15) is 37.3 Å². The van der Waals surface area contributed by atoms with Gasteiger partial charge in [0.15, 0.2) is 0 Å². The zero-order valence-electron chi connectivity index (χ0n) is 11.8. The van der Waals surface area contributed by atoms with Gasteiger partial charge in [0.1, 0.15) is 0 Å². The summed E-state index contributed by atoms with van der Waals surface area (Å²) in [5.74, 6) is -1.87. The van der Waals surface area contributed by atoms with Crippen molar-refractivity contribution in [2.75, 3.05) is 0 Å². The monoisotopic (exact) mass is 275 g/mol. The second-order valence-electron chi connectivity index (χ2n) is 5.32. The van der Waals surface area contributed by atoms with Crippen LogP contribution in [0.5, 0.6) is 0 Å². The standard InChI is InChI=1S/C16H21NO3/c1-2-11-6-3-4-7-12(11)10-17-15(18)13-8-5-9-14(13)16(19)20/h3-4,6-7,13-14H,2,5,8-10H2,1H3,(H,17,18)(H,19,20). The van der Waals surface area contributed by atoms with E-state index >= 15 is 0 Å². The van der Waals surface area contributed by atoms with Crippen molar-refractivity contribution in [3.8, 4) is 0 Å². The van der Waals surface area contributed by atoms with E-state index in [2.05, 4.69) is 18.3 Å². The van der Waals surface area contributed by atoms with E-state index in [9.17, 15) is 9.59 Å². The van der Waals surface area contributed by atoms with Gasteiger partial charge in [-0.25, -0.2) is 0 Å². The summed E-state index contributed by atoms with van der Waals surface area (Å²) in [6, 6.07) is 8.00. The smallest absolute Gasteiger partial charge is 0.307 e. The second-order valence-corrected chi connectivity index (χ2v) is 5.32. The summed E-state index contributed by atoms with van der Waals surface area (Å²) in [4.78, 5) is 23.3. The van der Waals surface area contributed by atoms with E-state index in [1.165, 1.54) is 5.56 Å². The molecule has 20 heavy (non-hydrogen) atoms. The Morgan fingerprint density at radius 1 is 1.20 bits per heavy atom. The molecule has 0 aromatic heterocycles. The van der Waals surface area contributed by atoms with Crippen molar-refractivity contribution in [3.05, 3.63) is 35.4 Å². The first-order valence-corrected chi connectivity index (χ1v) is 7.20. The molecule has 108 valence electrons. The summed E-state index contributed by atoms with van der Waals surface area (Å²) in [6.07, 6.45) is 3.03. The van der Waals surface area contributed by atoms with Crippen LogP contribution in [0.25, 0.3) is 0 Å². The summed E-state index contributed by atoms with van der Waals surface area (Å²) < 4.78 is 0. The Bertz CT molecular complexity index is 498. The van der Waals surface area contributed by atoms with Gasteiger partial charge in [-0.1, -0.05) is 37.6 Å². The minimum absolute atomic E-state index is 0.124. The summed E-state index contributed by atoms with van der Waals surface area (Å²) in [5.41, 5.74) is 2.32. The normalized spacial score (nSPS) is 21.6. The van der Waals surface area contributed by atoms with Crippen LogP contribution in [-0.2, 0) is 22.6 Å². The second kappa shape index (κ2) is 6.55. The quantitative estimate of drug-likeness (QED) is 0.867. The van der Waals surface area contributed by atoms with Crippen molar-refractivity contribution in [1.29, 1.82) is 0 Å². The number of benzene rings is 1. The van der Waals surface area contributed by atoms with Crippen molar-refractivity contribution >= 4 is 11.9 Å². The molecule has 1 aromatic rings. The van der Waals surface area contributed by atoms with Gasteiger partial charge in [0.05, 0.1) is 11.8 Å². The number of hydrogen-bond donors (Lipinski definition) is 2. The van der Waals surface area contributed by atoms with Gasteiger partial charge in [0, 0.05) is 6.54 Å². The molecule has 0 bridgehead atoms. The molecule has 1 aliphatic carbocycles. The van der Waals surface area contributed by atoms with Crippen molar-refractivity contribution in [3.63, 3.8) is 0 Å². The first-order valence-electron chi connectivity index (χ1n) is 7.20. The van der Waals surface area contributed by atoms with E-state index in [-0.39, 0.29) is 11.8 Å². The number of aliphatic carboxylic acids is 1. The lowest BCUT2D eigenvalue weighted by atomic mass is 9.95. The highest BCUT2D eigenvalue weighted by Crippen LogP contribution is 2.32. The van der Waals surface area contributed by atoms with Gasteiger partial charge in [0.25, 0.3) is 0 Å². The Balaban J connectivity index is 1.97. The predicted molar refractivity (Wildman–Crippen MR) is 76.1 cm³/mol. The molecule has 1 aliphatic rings. The van der Waals surface area contributed by atoms with Gasteiger partial charge in [-0.15, -0.1) is 0 Å². The molecule has 2 rings (SSSR count). The third-order valence-electron chi connectivity index (χ3n) is 4.12. The molecule has 4 nitrogen and oxygen atoms in total. The minimum atomic E-state index is -0.850. The maximum Gasteiger partial charge on any atom is 0.307 e. The molecule has 4 heteroatoms. The largest absolute Gasteiger partial charge is 0.481 e. The van der Waals surface area contributed by atoms with E-state index in [0.29, 0.717) is 19.4 Å². The zero-order valence-corrected chi connectivity index (χ0v) is 11.8. The third kappa shape index (κ3) is 3.18. The minimum Gasteiger partial charge on any atom is -0.481 e. The highest BCUT2D eigenvalue weighted by Gasteiger charge is 2.37. The number of carboxylic acid groups (broad SMARTS) is 1. The molecule has 2 N–H and O–H groups in total. The fourth-order valence-corrected chi connectivity index (χ4v) is 2.96. The molecule has 0 radical (unpaired) electrons. The number of hydrogen-bond acceptors (Lipinski definition) is 2. The number of carbonyl (C=O) groups is 2. The van der Waals surface area contributed by atoms with Crippen molar-refractivity contribution in [2.45, 2.75) is 39.2 Å². The van der Waals surface area contributed by atoms with Gasteiger partial charge in [-0.05, 0) is 30.4 Å². The Hall–Kier alpha value is -1.84. The SMILES string of the molecule is CCc1ccccc1CNC(=O)C1CCCC1C(=O)O. The molecular formula is C16H21NO3. The number of carboxylic acids is 1. The van der Waals surface area contributed by atoms with Crippen molar-refractivity contribution in [1.82, 2.24) is 5.32 Å². The molecule has 1 fully saturated rings. The van der Waals surface area contributed by atoms with Crippen LogP contribution in [0.15, 0.2) is 24.3 Å². The number of aryl methyl sites for hydroxylation is 1. The molecule has 0 heterocycles. The predicted octanol–water partition coefficient (Wildman–Crippen LogP) is 2.37. The highest BCUT2D eigenvalue weighted by molar-refractivity contribution is 5.85. The Kier molecular flexibility index (Phi) is 4.77. The van der Waals surface area contributed by atoms with Gasteiger partial charge >= 0.3 is 5.97 Å². The van der Waals surface area contributed by atoms with Crippen LogP contribution in [-0.4, -0.2) is 17.0 Å². The number of carbonyl (C=O) groups excluding carboxylic acids is 1. The lowest BCUT2D eigenvalue weighted by Crippen LogP contribution is -2.35. The molecule has 2 unspecified atom stereocenters. The van der Waals surface area contributed by atoms with Crippen LogP contribution in [0.2, 0.25) is 0 Å². The first kappa shape index (κ1) is 14.6. The summed E-state index contributed by atoms with van der Waals surface area (Å²) in [6.45, 7) is 2.56. The molecule has 1 amide bonds. The van der Waals surface area contributed by atoms with Crippen LogP contribution in [0.4, 0.5) is 0 Å². The lowest BCUT2D eigenvalue weighted by Gasteiger charge is -2.16. The summed E-state index contributed by atoms with van der Waals surface area (Å²) >= 11 is 0. The zero-order chi connectivity index (χ0) is 14.5. The van der Waals surface area contributed by atoms with Crippen molar-refractivity contribution in [2.24, 2.45) is 11.8 Å². The van der Waals surface area contributed by atoms with Gasteiger partial charge in [-0.3, -0.25) is 9.59 Å². The van der Waals surface area contributed by atoms with Gasteiger partial charge < -0.3 is 10.4 Å². The number of rotatable bonds is 5. The Labute approximate surface area is 119 Å². The fraction of sp³-hybridized carbons (Fsp3) is 0.500. The lowest BCUT2D eigenvalue weighted by molar-refractivity contribution is -0.146. The van der Waals surface area contributed by atoms with Gasteiger partial charge in [-0.2, -0.15) is 0 Å². The van der Waals surface area contributed by atoms with E-state index < -0.39 is 11.9 Å². The fourth-order valence-electron chi connectivity index (χ4n) is 2.96. The van der Waals surface area contributed by atoms with Crippen LogP contribution in [0, 0.1) is 11.8 Å². The Morgan fingerprint density at radius 2 is 1.85 bits per heavy atom. The van der Waals surface area contributed by atoms with E-state index in [0.717, 1.165) is 18.4 Å². The average Bonchev–Trinajstić information content (AvgIpc) is 2.94. The average molecular weight is 275 g/mol. The van der Waals surface area contributed by atoms with Gasteiger partial charge in [0.2, 0.25) is 5.91 Å². The van der Waals surface area contributed by atoms with Crippen LogP contribution in [0.3, 0.4) is 0 Å². The molecule has 0 saturated heterocycles. The highest BCUT2D eigenvalue weighted by atomic mass is 16.4. The van der Waals surface area contributed by atoms with Crippen LogP contribution >= 0.6 is 0 Å². The van der Waals surface area contributed by atoms with E-state index in [1.54, 1.807) is 0 Å². The molecule has 2 atom stereocenters. The topological polar surface area (TPSA) is 66.4 Å². The molecule has 0 aliphatic heterocycles. The number of amides is 1. The summed E-state index contributed by atoms with van der Waals surface area (Å²) in [7, 11) is 0. The molecule has 1 saturated carbocycles. The molecular weight excluding hydrogens is 254 g/mol. The van der Waals surface area contributed by atoms with E-state index in [4.69, 9.17) is 5.11 Å². The van der Waals surface area contributed by atoms with E-state index in [1.807, 2.05) is 18.2 Å². The maximum absolute atomic E-state index is 12.2.